The molecule has 0 heteroatoms. The van der Waals surface area contributed by atoms with Gasteiger partial charge in [0.25, 0.3) is 0 Å². The zero-order chi connectivity index (χ0) is 19.0. The van der Waals surface area contributed by atoms with Crippen LogP contribution in [0.4, 0.5) is 0 Å². The molecule has 0 spiro atoms. The van der Waals surface area contributed by atoms with Crippen LogP contribution in [0.2, 0.25) is 0 Å². The average Bonchev–Trinajstić information content (AvgIpc) is 2.72. The van der Waals surface area contributed by atoms with Crippen molar-refractivity contribution >= 4 is 56.6 Å². The van der Waals surface area contributed by atoms with Crippen molar-refractivity contribution in [3.8, 4) is 0 Å². The molecule has 130 valence electrons. The molecule has 0 aliphatic rings. The molecule has 0 unspecified atom stereocenters. The monoisotopic (exact) mass is 346 g/mol. The van der Waals surface area contributed by atoms with Crippen molar-refractivity contribution in [1.82, 2.24) is 0 Å². The summed E-state index contributed by atoms with van der Waals surface area (Å²) in [5, 5.41) is 7.34. The summed E-state index contributed by atoms with van der Waals surface area (Å²) < 4.78 is 0. The van der Waals surface area contributed by atoms with E-state index >= 15 is 0 Å². The van der Waals surface area contributed by atoms with Crippen LogP contribution < -0.4 is 0 Å². The third kappa shape index (κ3) is 2.38. The molecule has 0 amide bonds. The first-order chi connectivity index (χ1) is 13.3. The van der Waals surface area contributed by atoms with Gasteiger partial charge in [-0.25, -0.2) is 0 Å². The summed E-state index contributed by atoms with van der Waals surface area (Å²) in [5.41, 5.74) is 4.64. The summed E-state index contributed by atoms with van der Waals surface area (Å²) in [4.78, 5) is 0. The molecule has 0 bridgehead atoms. The Kier molecular flexibility index (Phi) is 4.25. The molecule has 0 aliphatic heterocycles. The van der Waals surface area contributed by atoms with E-state index in [0.29, 0.717) is 0 Å². The van der Waals surface area contributed by atoms with Gasteiger partial charge in [-0.2, -0.15) is 0 Å². The Morgan fingerprint density at radius 3 is 1.41 bits per heavy atom. The van der Waals surface area contributed by atoms with E-state index in [4.69, 9.17) is 0 Å². The van der Waals surface area contributed by atoms with Crippen LogP contribution in [0.25, 0.3) is 56.6 Å². The number of hydrogen-bond donors (Lipinski definition) is 0. The predicted molar refractivity (Wildman–Crippen MR) is 124 cm³/mol. The Balaban J connectivity index is 2.52. The van der Waals surface area contributed by atoms with Crippen LogP contribution in [0, 0.1) is 0 Å². The van der Waals surface area contributed by atoms with E-state index in [1.165, 1.54) is 43.4 Å². The number of benzene rings is 4. The number of rotatable bonds is 4. The van der Waals surface area contributed by atoms with Crippen molar-refractivity contribution < 1.29 is 0 Å². The molecule has 4 aromatic rings. The quantitative estimate of drug-likeness (QED) is 0.327. The molecule has 0 nitrogen and oxygen atoms in total. The maximum Gasteiger partial charge on any atom is -0.00140 e. The van der Waals surface area contributed by atoms with E-state index in [1.807, 2.05) is 18.2 Å². The zero-order valence-corrected chi connectivity index (χ0v) is 15.6. The fourth-order valence-corrected chi connectivity index (χ4v) is 4.25. The van der Waals surface area contributed by atoms with Crippen molar-refractivity contribution in [3.63, 3.8) is 0 Å². The number of fused-ring (bicyclic) bond motifs is 5. The first kappa shape index (κ1) is 17.1. The van der Waals surface area contributed by atoms with Gasteiger partial charge in [0.1, 0.15) is 0 Å². The van der Waals surface area contributed by atoms with Gasteiger partial charge in [-0.1, -0.05) is 98.6 Å². The summed E-state index contributed by atoms with van der Waals surface area (Å²) in [6.45, 7) is 14.4. The largest absolute Gasteiger partial charge is 0.0984 e. The maximum atomic E-state index is 4.14. The lowest BCUT2D eigenvalue weighted by atomic mass is 9.83. The Labute approximate surface area is 160 Å². The summed E-state index contributed by atoms with van der Waals surface area (Å²) in [7, 11) is 0. The van der Waals surface area contributed by atoms with Gasteiger partial charge in [-0.3, -0.25) is 0 Å². The highest BCUT2D eigenvalue weighted by molar-refractivity contribution is 6.26. The normalized spacial score (nSPS) is 11.4. The Hall–Kier alpha value is -3.38. The number of allylic oxidation sites excluding steroid dienone is 1. The molecular formula is C27H22. The van der Waals surface area contributed by atoms with E-state index < -0.39 is 0 Å². The minimum absolute atomic E-state index is 1.14. The molecule has 0 heterocycles. The standard InChI is InChI=1S/C27H22/c1-5-13-23-19(7-3)22-15-10-11-16-24(22)26-20(8-4)18(6-2)21-14-9-12-17-25(21)27(23)26/h5-17H,2-4H2,1H3/b13-5-. The molecule has 0 N–H and O–H groups in total. The van der Waals surface area contributed by atoms with Crippen molar-refractivity contribution in [2.45, 2.75) is 6.92 Å². The van der Waals surface area contributed by atoms with Crippen molar-refractivity contribution in [2.24, 2.45) is 0 Å². The van der Waals surface area contributed by atoms with Gasteiger partial charge in [0, 0.05) is 0 Å². The summed E-state index contributed by atoms with van der Waals surface area (Å²) >= 11 is 0. The van der Waals surface area contributed by atoms with Gasteiger partial charge in [-0.15, -0.1) is 0 Å². The second-order valence-corrected chi connectivity index (χ2v) is 6.61. The molecule has 4 rings (SSSR count). The first-order valence-electron chi connectivity index (χ1n) is 9.19. The van der Waals surface area contributed by atoms with Crippen LogP contribution in [-0.4, -0.2) is 0 Å². The van der Waals surface area contributed by atoms with Crippen LogP contribution in [0.3, 0.4) is 0 Å². The molecule has 4 aromatic carbocycles. The highest BCUT2D eigenvalue weighted by atomic mass is 14.2. The second-order valence-electron chi connectivity index (χ2n) is 6.61. The lowest BCUT2D eigenvalue weighted by molar-refractivity contribution is 1.68. The molecular weight excluding hydrogens is 324 g/mol. The van der Waals surface area contributed by atoms with E-state index in [0.717, 1.165) is 11.1 Å². The fourth-order valence-electron chi connectivity index (χ4n) is 4.25. The first-order valence-corrected chi connectivity index (χ1v) is 9.19. The third-order valence-corrected chi connectivity index (χ3v) is 5.29. The number of hydrogen-bond acceptors (Lipinski definition) is 0. The van der Waals surface area contributed by atoms with Crippen LogP contribution in [-0.2, 0) is 0 Å². The van der Waals surface area contributed by atoms with E-state index in [-0.39, 0.29) is 0 Å². The smallest absolute Gasteiger partial charge is 0.00140 e. The molecule has 0 fully saturated rings. The Morgan fingerprint density at radius 1 is 0.556 bits per heavy atom. The van der Waals surface area contributed by atoms with Gasteiger partial charge in [0.15, 0.2) is 0 Å². The molecule has 0 aliphatic carbocycles. The van der Waals surface area contributed by atoms with Crippen molar-refractivity contribution in [1.29, 1.82) is 0 Å². The van der Waals surface area contributed by atoms with Crippen molar-refractivity contribution in [2.75, 3.05) is 0 Å². The average molecular weight is 346 g/mol. The minimum Gasteiger partial charge on any atom is -0.0984 e. The molecule has 27 heavy (non-hydrogen) atoms. The lowest BCUT2D eigenvalue weighted by Crippen LogP contribution is -1.95. The van der Waals surface area contributed by atoms with Crippen LogP contribution >= 0.6 is 0 Å². The highest BCUT2D eigenvalue weighted by Crippen LogP contribution is 2.43. The topological polar surface area (TPSA) is 0 Å². The SMILES string of the molecule is C=Cc1c(/C=C\C)c2c3ccccc3c(C=C)c(C=C)c2c2ccccc12. The van der Waals surface area contributed by atoms with Gasteiger partial charge in [-0.05, 0) is 61.5 Å². The predicted octanol–water partition coefficient (Wildman–Crippen LogP) is 8.11. The zero-order valence-electron chi connectivity index (χ0n) is 15.6. The molecule has 0 saturated heterocycles. The summed E-state index contributed by atoms with van der Waals surface area (Å²) in [5.74, 6) is 0. The van der Waals surface area contributed by atoms with Crippen LogP contribution in [0.5, 0.6) is 0 Å². The lowest BCUT2D eigenvalue weighted by Gasteiger charge is -2.19. The maximum absolute atomic E-state index is 4.14. The Morgan fingerprint density at radius 2 is 0.963 bits per heavy atom. The van der Waals surface area contributed by atoms with Crippen LogP contribution in [0.15, 0.2) is 74.3 Å². The van der Waals surface area contributed by atoms with E-state index in [2.05, 4.69) is 87.3 Å². The van der Waals surface area contributed by atoms with Crippen molar-refractivity contribution in [3.05, 3.63) is 96.6 Å². The van der Waals surface area contributed by atoms with Gasteiger partial charge in [0.05, 0.1) is 0 Å². The fraction of sp³-hybridized carbons (Fsp3) is 0.0370. The Bertz CT molecular complexity index is 1270. The highest BCUT2D eigenvalue weighted by Gasteiger charge is 2.18. The molecule has 0 saturated carbocycles. The van der Waals surface area contributed by atoms with Gasteiger partial charge < -0.3 is 0 Å². The molecule has 0 aromatic heterocycles. The third-order valence-electron chi connectivity index (χ3n) is 5.29. The summed E-state index contributed by atoms with van der Waals surface area (Å²) in [6, 6.07) is 17.1. The van der Waals surface area contributed by atoms with E-state index in [1.54, 1.807) is 0 Å². The minimum atomic E-state index is 1.14. The molecule has 0 atom stereocenters. The second kappa shape index (κ2) is 6.74. The van der Waals surface area contributed by atoms with Gasteiger partial charge in [0.2, 0.25) is 0 Å². The summed E-state index contributed by atoms with van der Waals surface area (Å²) in [6.07, 6.45) is 10.2. The van der Waals surface area contributed by atoms with E-state index in [9.17, 15) is 0 Å². The molecule has 0 radical (unpaired) electrons. The van der Waals surface area contributed by atoms with Crippen LogP contribution in [0.1, 0.15) is 29.2 Å². The van der Waals surface area contributed by atoms with Gasteiger partial charge >= 0.3 is 0 Å².